The minimum atomic E-state index is -0.0276. The standard InChI is InChI=1S/C15H10BrClN2O/c1-9(20)14-12-3-2-4-13(17)19(12)18-15(14)10-5-7-11(16)8-6-10/h2-8H,1H3. The van der Waals surface area contributed by atoms with E-state index in [1.807, 2.05) is 36.4 Å². The van der Waals surface area contributed by atoms with Crippen molar-refractivity contribution in [2.75, 3.05) is 0 Å². The van der Waals surface area contributed by atoms with E-state index in [4.69, 9.17) is 11.6 Å². The van der Waals surface area contributed by atoms with Crippen molar-refractivity contribution in [3.05, 3.63) is 57.7 Å². The number of rotatable bonds is 2. The number of ketones is 1. The van der Waals surface area contributed by atoms with E-state index in [-0.39, 0.29) is 5.78 Å². The lowest BCUT2D eigenvalue weighted by Crippen LogP contribution is -1.94. The molecule has 20 heavy (non-hydrogen) atoms. The number of fused-ring (bicyclic) bond motifs is 1. The number of hydrogen-bond acceptors (Lipinski definition) is 2. The van der Waals surface area contributed by atoms with Crippen molar-refractivity contribution in [2.24, 2.45) is 0 Å². The summed E-state index contributed by atoms with van der Waals surface area (Å²) in [6.07, 6.45) is 0. The molecule has 0 N–H and O–H groups in total. The molecule has 0 atom stereocenters. The van der Waals surface area contributed by atoms with Gasteiger partial charge in [-0.1, -0.05) is 45.7 Å². The third kappa shape index (κ3) is 2.15. The molecule has 3 nitrogen and oxygen atoms in total. The van der Waals surface area contributed by atoms with Crippen molar-refractivity contribution in [3.8, 4) is 11.3 Å². The summed E-state index contributed by atoms with van der Waals surface area (Å²) in [5.41, 5.74) is 2.86. The largest absolute Gasteiger partial charge is 0.294 e. The van der Waals surface area contributed by atoms with Crippen LogP contribution in [0.2, 0.25) is 5.15 Å². The van der Waals surface area contributed by atoms with Gasteiger partial charge in [0.25, 0.3) is 0 Å². The number of nitrogens with zero attached hydrogens (tertiary/aromatic N) is 2. The van der Waals surface area contributed by atoms with Gasteiger partial charge in [-0.05, 0) is 31.2 Å². The maximum atomic E-state index is 12.0. The smallest absolute Gasteiger partial charge is 0.164 e. The molecule has 5 heteroatoms. The zero-order chi connectivity index (χ0) is 14.3. The van der Waals surface area contributed by atoms with Gasteiger partial charge < -0.3 is 0 Å². The van der Waals surface area contributed by atoms with Gasteiger partial charge in [0.15, 0.2) is 5.78 Å². The van der Waals surface area contributed by atoms with E-state index in [1.165, 1.54) is 0 Å². The molecule has 2 heterocycles. The fourth-order valence-electron chi connectivity index (χ4n) is 2.19. The van der Waals surface area contributed by atoms with E-state index in [1.54, 1.807) is 17.5 Å². The molecular formula is C15H10BrClN2O. The van der Waals surface area contributed by atoms with Crippen LogP contribution in [0.5, 0.6) is 0 Å². The Labute approximate surface area is 129 Å². The number of benzene rings is 1. The van der Waals surface area contributed by atoms with E-state index >= 15 is 0 Å². The van der Waals surface area contributed by atoms with Crippen LogP contribution in [0.1, 0.15) is 17.3 Å². The summed E-state index contributed by atoms with van der Waals surface area (Å²) in [6, 6.07) is 13.1. The van der Waals surface area contributed by atoms with Crippen LogP contribution in [0.4, 0.5) is 0 Å². The van der Waals surface area contributed by atoms with Gasteiger partial charge in [-0.15, -0.1) is 0 Å². The van der Waals surface area contributed by atoms with Crippen molar-refractivity contribution < 1.29 is 4.79 Å². The molecular weight excluding hydrogens is 340 g/mol. The van der Waals surface area contributed by atoms with Crippen molar-refractivity contribution in [1.29, 1.82) is 0 Å². The molecule has 3 aromatic rings. The highest BCUT2D eigenvalue weighted by Crippen LogP contribution is 2.29. The number of hydrogen-bond donors (Lipinski definition) is 0. The lowest BCUT2D eigenvalue weighted by atomic mass is 10.0. The third-order valence-corrected chi connectivity index (χ3v) is 3.90. The second kappa shape index (κ2) is 5.04. The summed E-state index contributed by atoms with van der Waals surface area (Å²) in [4.78, 5) is 12.0. The maximum absolute atomic E-state index is 12.0. The molecule has 0 radical (unpaired) electrons. The summed E-state index contributed by atoms with van der Waals surface area (Å²) in [6.45, 7) is 1.54. The Morgan fingerprint density at radius 2 is 1.90 bits per heavy atom. The minimum absolute atomic E-state index is 0.0276. The molecule has 0 saturated carbocycles. The van der Waals surface area contributed by atoms with Crippen LogP contribution in [0.25, 0.3) is 16.8 Å². The minimum Gasteiger partial charge on any atom is -0.294 e. The average Bonchev–Trinajstić information content (AvgIpc) is 2.80. The normalized spacial score (nSPS) is 10.9. The summed E-state index contributed by atoms with van der Waals surface area (Å²) in [5.74, 6) is -0.0276. The number of Topliss-reactive ketones (excluding diaryl/α,β-unsaturated/α-hetero) is 1. The molecule has 0 aliphatic rings. The van der Waals surface area contributed by atoms with Crippen LogP contribution in [-0.4, -0.2) is 15.4 Å². The van der Waals surface area contributed by atoms with Crippen molar-refractivity contribution in [2.45, 2.75) is 6.92 Å². The van der Waals surface area contributed by atoms with Crippen LogP contribution >= 0.6 is 27.5 Å². The predicted octanol–water partition coefficient (Wildman–Crippen LogP) is 4.62. The molecule has 0 amide bonds. The molecule has 0 aliphatic heterocycles. The first kappa shape index (κ1) is 13.3. The lowest BCUT2D eigenvalue weighted by Gasteiger charge is -1.99. The molecule has 0 aliphatic carbocycles. The Hall–Kier alpha value is -1.65. The SMILES string of the molecule is CC(=O)c1c(-c2ccc(Br)cc2)nn2c(Cl)cccc12. The quantitative estimate of drug-likeness (QED) is 0.500. The first-order valence-corrected chi connectivity index (χ1v) is 7.19. The number of aromatic nitrogens is 2. The Bertz CT molecular complexity index is 809. The Balaban J connectivity index is 2.35. The second-order valence-corrected chi connectivity index (χ2v) is 5.74. The molecule has 1 aromatic carbocycles. The topological polar surface area (TPSA) is 34.4 Å². The Morgan fingerprint density at radius 1 is 1.20 bits per heavy atom. The Kier molecular flexibility index (Phi) is 3.36. The molecule has 0 bridgehead atoms. The number of halogens is 2. The van der Waals surface area contributed by atoms with E-state index < -0.39 is 0 Å². The van der Waals surface area contributed by atoms with Crippen LogP contribution < -0.4 is 0 Å². The highest BCUT2D eigenvalue weighted by molar-refractivity contribution is 9.10. The van der Waals surface area contributed by atoms with Gasteiger partial charge in [-0.25, -0.2) is 4.52 Å². The van der Waals surface area contributed by atoms with Crippen molar-refractivity contribution in [1.82, 2.24) is 9.61 Å². The third-order valence-electron chi connectivity index (χ3n) is 3.08. The maximum Gasteiger partial charge on any atom is 0.164 e. The van der Waals surface area contributed by atoms with E-state index in [0.717, 1.165) is 15.6 Å². The van der Waals surface area contributed by atoms with Gasteiger partial charge in [0.05, 0.1) is 11.1 Å². The van der Waals surface area contributed by atoms with E-state index in [2.05, 4.69) is 21.0 Å². The van der Waals surface area contributed by atoms with Crippen LogP contribution in [0.3, 0.4) is 0 Å². The number of carbonyl (C=O) groups excluding carboxylic acids is 1. The summed E-state index contributed by atoms with van der Waals surface area (Å²) >= 11 is 9.54. The predicted molar refractivity (Wildman–Crippen MR) is 83.3 cm³/mol. The fourth-order valence-corrected chi connectivity index (χ4v) is 2.66. The monoisotopic (exact) mass is 348 g/mol. The fraction of sp³-hybridized carbons (Fsp3) is 0.0667. The molecule has 0 spiro atoms. The molecule has 0 fully saturated rings. The van der Waals surface area contributed by atoms with Gasteiger partial charge in [0, 0.05) is 10.0 Å². The van der Waals surface area contributed by atoms with E-state index in [0.29, 0.717) is 16.4 Å². The highest BCUT2D eigenvalue weighted by atomic mass is 79.9. The van der Waals surface area contributed by atoms with E-state index in [9.17, 15) is 4.79 Å². The lowest BCUT2D eigenvalue weighted by molar-refractivity contribution is 0.102. The van der Waals surface area contributed by atoms with Crippen molar-refractivity contribution in [3.63, 3.8) is 0 Å². The van der Waals surface area contributed by atoms with Crippen LogP contribution in [0.15, 0.2) is 46.9 Å². The van der Waals surface area contributed by atoms with Gasteiger partial charge in [-0.2, -0.15) is 5.10 Å². The van der Waals surface area contributed by atoms with Crippen LogP contribution in [-0.2, 0) is 0 Å². The molecule has 0 saturated heterocycles. The number of pyridine rings is 1. The van der Waals surface area contributed by atoms with Crippen molar-refractivity contribution >= 4 is 38.8 Å². The zero-order valence-electron chi connectivity index (χ0n) is 10.6. The molecule has 100 valence electrons. The first-order valence-electron chi connectivity index (χ1n) is 6.02. The first-order chi connectivity index (χ1) is 9.58. The van der Waals surface area contributed by atoms with Gasteiger partial charge >= 0.3 is 0 Å². The average molecular weight is 350 g/mol. The molecule has 3 rings (SSSR count). The van der Waals surface area contributed by atoms with Gasteiger partial charge in [0.1, 0.15) is 10.8 Å². The second-order valence-electron chi connectivity index (χ2n) is 4.43. The summed E-state index contributed by atoms with van der Waals surface area (Å²) < 4.78 is 2.57. The molecule has 2 aromatic heterocycles. The Morgan fingerprint density at radius 3 is 2.55 bits per heavy atom. The van der Waals surface area contributed by atoms with Gasteiger partial charge in [0.2, 0.25) is 0 Å². The zero-order valence-corrected chi connectivity index (χ0v) is 12.9. The van der Waals surface area contributed by atoms with Crippen LogP contribution in [0, 0.1) is 0 Å². The molecule has 0 unspecified atom stereocenters. The summed E-state index contributed by atoms with van der Waals surface area (Å²) in [7, 11) is 0. The van der Waals surface area contributed by atoms with Gasteiger partial charge in [-0.3, -0.25) is 4.79 Å². The number of carbonyl (C=O) groups is 1. The highest BCUT2D eigenvalue weighted by Gasteiger charge is 2.18. The summed E-state index contributed by atoms with van der Waals surface area (Å²) in [5, 5.41) is 4.96.